The van der Waals surface area contributed by atoms with Gasteiger partial charge in [-0.1, -0.05) is 13.3 Å². The quantitative estimate of drug-likeness (QED) is 0.293. The molecule has 57 valence electrons. The summed E-state index contributed by atoms with van der Waals surface area (Å²) in [6.07, 6.45) is 2.20. The largest absolute Gasteiger partial charge is 0.370 e. The van der Waals surface area contributed by atoms with Crippen LogP contribution in [0.15, 0.2) is 0 Å². The van der Waals surface area contributed by atoms with E-state index in [1.165, 1.54) is 0 Å². The fourth-order valence-corrected chi connectivity index (χ4v) is 0.593. The number of guanidine groups is 1. The molecule has 0 aliphatic rings. The zero-order valence-electron chi connectivity index (χ0n) is 5.98. The topological polar surface area (TPSA) is 79.0 Å². The molecule has 0 atom stereocenters. The first-order chi connectivity index (χ1) is 4.70. The summed E-state index contributed by atoms with van der Waals surface area (Å²) in [5.74, 6) is -0.185. The van der Waals surface area contributed by atoms with Crippen LogP contribution in [0.1, 0.15) is 19.8 Å². The third-order valence-corrected chi connectivity index (χ3v) is 0.957. The van der Waals surface area contributed by atoms with Gasteiger partial charge in [-0.15, -0.1) is 0 Å². The van der Waals surface area contributed by atoms with Gasteiger partial charge in [-0.3, -0.25) is 5.41 Å². The van der Waals surface area contributed by atoms with Crippen molar-refractivity contribution in [3.05, 3.63) is 6.04 Å². The van der Waals surface area contributed by atoms with Gasteiger partial charge < -0.3 is 15.8 Å². The van der Waals surface area contributed by atoms with Crippen molar-refractivity contribution in [2.24, 2.45) is 5.73 Å². The minimum atomic E-state index is -0.185. The molecule has 10 heavy (non-hydrogen) atoms. The van der Waals surface area contributed by atoms with E-state index in [-0.39, 0.29) is 5.96 Å². The van der Waals surface area contributed by atoms with E-state index in [0.717, 1.165) is 6.42 Å². The fourth-order valence-electron chi connectivity index (χ4n) is 0.593. The third-order valence-electron chi connectivity index (χ3n) is 0.957. The van der Waals surface area contributed by atoms with Crippen LogP contribution in [-0.4, -0.2) is 12.2 Å². The Morgan fingerprint density at radius 3 is 2.70 bits per heavy atom. The van der Waals surface area contributed by atoms with Crippen molar-refractivity contribution in [2.75, 3.05) is 0 Å². The zero-order chi connectivity index (χ0) is 7.98. The molecule has 0 aromatic carbocycles. The van der Waals surface area contributed by atoms with Crippen molar-refractivity contribution in [2.45, 2.75) is 19.8 Å². The summed E-state index contributed by atoms with van der Waals surface area (Å²) in [7, 11) is 0. The SMILES string of the molecule is CCC[C](C=O)NC(=N)N. The lowest BCUT2D eigenvalue weighted by Gasteiger charge is -2.08. The molecule has 0 aliphatic heterocycles. The van der Waals surface area contributed by atoms with Gasteiger partial charge in [0.2, 0.25) is 0 Å². The van der Waals surface area contributed by atoms with Gasteiger partial charge in [-0.25, -0.2) is 0 Å². The summed E-state index contributed by atoms with van der Waals surface area (Å²) in [5.41, 5.74) is 4.99. The molecule has 4 nitrogen and oxygen atoms in total. The summed E-state index contributed by atoms with van der Waals surface area (Å²) >= 11 is 0. The number of rotatable bonds is 4. The Hall–Kier alpha value is -1.06. The van der Waals surface area contributed by atoms with Gasteiger partial charge in [0.1, 0.15) is 12.3 Å². The van der Waals surface area contributed by atoms with Crippen molar-refractivity contribution in [1.29, 1.82) is 5.41 Å². The summed E-state index contributed by atoms with van der Waals surface area (Å²) in [4.78, 5) is 10.2. The molecule has 0 aliphatic carbocycles. The first-order valence-corrected chi connectivity index (χ1v) is 3.12. The number of hydrogen-bond donors (Lipinski definition) is 3. The smallest absolute Gasteiger partial charge is 0.186 e. The Kier molecular flexibility index (Phi) is 4.28. The molecule has 0 spiro atoms. The average Bonchev–Trinajstić information content (AvgIpc) is 1.86. The lowest BCUT2D eigenvalue weighted by molar-refractivity contribution is -0.106. The molecule has 0 saturated carbocycles. The van der Waals surface area contributed by atoms with Gasteiger partial charge in [0.25, 0.3) is 0 Å². The lowest BCUT2D eigenvalue weighted by atomic mass is 10.2. The number of nitrogens with two attached hydrogens (primary N) is 1. The van der Waals surface area contributed by atoms with E-state index < -0.39 is 0 Å². The first kappa shape index (κ1) is 8.94. The molecule has 0 amide bonds. The maximum atomic E-state index is 10.2. The van der Waals surface area contributed by atoms with Gasteiger partial charge in [0.05, 0.1) is 0 Å². The molecule has 1 radical (unpaired) electrons. The van der Waals surface area contributed by atoms with Gasteiger partial charge in [0, 0.05) is 0 Å². The molecule has 0 aromatic heterocycles. The highest BCUT2D eigenvalue weighted by Gasteiger charge is 2.05. The van der Waals surface area contributed by atoms with Gasteiger partial charge in [-0.05, 0) is 6.42 Å². The fraction of sp³-hybridized carbons (Fsp3) is 0.500. The summed E-state index contributed by atoms with van der Waals surface area (Å²) in [5, 5.41) is 9.23. The zero-order valence-corrected chi connectivity index (χ0v) is 5.98. The Labute approximate surface area is 60.3 Å². The second-order valence-corrected chi connectivity index (χ2v) is 1.93. The minimum absolute atomic E-state index is 0.185. The maximum Gasteiger partial charge on any atom is 0.186 e. The normalized spacial score (nSPS) is 9.40. The molecular formula is C6H12N3O. The standard InChI is InChI=1S/C6H12N3O/c1-2-3-5(4-10)9-6(7)8/h4H,2-3H2,1H3,(H4,7,8,9). The van der Waals surface area contributed by atoms with E-state index in [1.807, 2.05) is 6.92 Å². The minimum Gasteiger partial charge on any atom is -0.370 e. The van der Waals surface area contributed by atoms with Crippen LogP contribution in [-0.2, 0) is 4.79 Å². The Morgan fingerprint density at radius 2 is 2.40 bits per heavy atom. The lowest BCUT2D eigenvalue weighted by Crippen LogP contribution is -2.34. The molecule has 4 N–H and O–H groups in total. The maximum absolute atomic E-state index is 10.2. The van der Waals surface area contributed by atoms with Crippen molar-refractivity contribution in [3.63, 3.8) is 0 Å². The molecule has 4 heteroatoms. The van der Waals surface area contributed by atoms with Crippen LogP contribution < -0.4 is 11.1 Å². The Balaban J connectivity index is 3.59. The van der Waals surface area contributed by atoms with Gasteiger partial charge >= 0.3 is 0 Å². The highest BCUT2D eigenvalue weighted by molar-refractivity contribution is 5.82. The molecule has 0 bridgehead atoms. The molecule has 0 heterocycles. The van der Waals surface area contributed by atoms with Crippen molar-refractivity contribution < 1.29 is 4.79 Å². The predicted molar refractivity (Wildman–Crippen MR) is 39.3 cm³/mol. The van der Waals surface area contributed by atoms with Crippen molar-refractivity contribution >= 4 is 12.2 Å². The van der Waals surface area contributed by atoms with E-state index in [4.69, 9.17) is 11.1 Å². The van der Waals surface area contributed by atoms with Crippen LogP contribution >= 0.6 is 0 Å². The summed E-state index contributed by atoms with van der Waals surface area (Å²) in [6, 6.07) is 0.468. The molecule has 0 aromatic rings. The van der Waals surface area contributed by atoms with Gasteiger partial charge in [-0.2, -0.15) is 0 Å². The number of carbonyl (C=O) groups is 1. The Bertz CT molecular complexity index is 124. The summed E-state index contributed by atoms with van der Waals surface area (Å²) < 4.78 is 0. The van der Waals surface area contributed by atoms with Crippen molar-refractivity contribution in [1.82, 2.24) is 5.32 Å². The highest BCUT2D eigenvalue weighted by atomic mass is 16.1. The van der Waals surface area contributed by atoms with Crippen LogP contribution in [0.5, 0.6) is 0 Å². The van der Waals surface area contributed by atoms with E-state index in [9.17, 15) is 4.79 Å². The monoisotopic (exact) mass is 142 g/mol. The average molecular weight is 142 g/mol. The van der Waals surface area contributed by atoms with Crippen LogP contribution in [0, 0.1) is 11.5 Å². The Morgan fingerprint density at radius 1 is 1.80 bits per heavy atom. The number of aldehydes is 1. The van der Waals surface area contributed by atoms with Crippen LogP contribution in [0.4, 0.5) is 0 Å². The molecular weight excluding hydrogens is 130 g/mol. The van der Waals surface area contributed by atoms with Crippen LogP contribution in [0.25, 0.3) is 0 Å². The van der Waals surface area contributed by atoms with Crippen molar-refractivity contribution in [3.8, 4) is 0 Å². The number of carbonyl (C=O) groups excluding carboxylic acids is 1. The first-order valence-electron chi connectivity index (χ1n) is 3.12. The second kappa shape index (κ2) is 4.78. The number of hydrogen-bond acceptors (Lipinski definition) is 2. The van der Waals surface area contributed by atoms with Crippen LogP contribution in [0.2, 0.25) is 0 Å². The molecule has 0 saturated heterocycles. The molecule has 0 fully saturated rings. The third kappa shape index (κ3) is 3.88. The molecule has 0 rings (SSSR count). The van der Waals surface area contributed by atoms with E-state index in [2.05, 4.69) is 5.32 Å². The van der Waals surface area contributed by atoms with E-state index in [1.54, 1.807) is 0 Å². The molecule has 0 unspecified atom stereocenters. The second-order valence-electron chi connectivity index (χ2n) is 1.93. The van der Waals surface area contributed by atoms with E-state index >= 15 is 0 Å². The number of nitrogens with one attached hydrogen (secondary N) is 2. The van der Waals surface area contributed by atoms with Gasteiger partial charge in [0.15, 0.2) is 5.96 Å². The summed E-state index contributed by atoms with van der Waals surface area (Å²) in [6.45, 7) is 1.95. The van der Waals surface area contributed by atoms with Crippen LogP contribution in [0.3, 0.4) is 0 Å². The predicted octanol–water partition coefficient (Wildman–Crippen LogP) is 0.000460. The van der Waals surface area contributed by atoms with E-state index in [0.29, 0.717) is 18.7 Å². The highest BCUT2D eigenvalue weighted by Crippen LogP contribution is 1.99.